The first-order valence-corrected chi connectivity index (χ1v) is 10.6. The zero-order valence-corrected chi connectivity index (χ0v) is 18.2. The van der Waals surface area contributed by atoms with Crippen LogP contribution in [0.1, 0.15) is 11.1 Å². The number of carbonyl (C=O) groups excluding carboxylic acids is 3. The molecule has 33 heavy (non-hydrogen) atoms. The van der Waals surface area contributed by atoms with Crippen LogP contribution in [0.25, 0.3) is 10.8 Å². The van der Waals surface area contributed by atoms with E-state index in [2.05, 4.69) is 10.6 Å². The van der Waals surface area contributed by atoms with Crippen molar-refractivity contribution in [2.75, 3.05) is 7.05 Å². The predicted molar refractivity (Wildman–Crippen MR) is 123 cm³/mol. The molecule has 0 aliphatic heterocycles. The normalized spacial score (nSPS) is 13.5. The Hall–Kier alpha value is -3.75. The Bertz CT molecular complexity index is 1120. The van der Waals surface area contributed by atoms with E-state index in [0.29, 0.717) is 0 Å². The van der Waals surface area contributed by atoms with Crippen molar-refractivity contribution in [2.24, 2.45) is 5.92 Å². The topological polar surface area (TPSA) is 128 Å². The lowest BCUT2D eigenvalue weighted by Crippen LogP contribution is -2.52. The van der Waals surface area contributed by atoms with Crippen molar-refractivity contribution in [2.45, 2.75) is 25.0 Å². The number of aliphatic hydroxyl groups excluding tert-OH is 1. The smallest absolute Gasteiger partial charge is 0.272 e. The highest BCUT2D eigenvalue weighted by atomic mass is 16.5. The molecular weight excluding hydrogens is 422 g/mol. The van der Waals surface area contributed by atoms with Crippen LogP contribution >= 0.6 is 0 Å². The second kappa shape index (κ2) is 11.2. The van der Waals surface area contributed by atoms with E-state index in [1.54, 1.807) is 0 Å². The standard InChI is InChI=1S/C25H27N3O5/c1-26-24(31)21(15-16-7-3-2-4-8-16)27-23(30)20(22(29)25(32)28-33)14-17-11-12-18-9-5-6-10-19(18)13-17/h2-13,20-22,29,33H,14-15H2,1H3,(H,26,31)(H,27,30)(H,28,32). The first-order chi connectivity index (χ1) is 15.9. The molecule has 5 N–H and O–H groups in total. The second-order valence-corrected chi connectivity index (χ2v) is 7.78. The van der Waals surface area contributed by atoms with Gasteiger partial charge in [0.2, 0.25) is 11.8 Å². The minimum atomic E-state index is -1.82. The fraction of sp³-hybridized carbons (Fsp3) is 0.240. The van der Waals surface area contributed by atoms with Crippen LogP contribution in [-0.2, 0) is 27.2 Å². The molecule has 0 saturated carbocycles. The Morgan fingerprint density at radius 2 is 1.45 bits per heavy atom. The van der Waals surface area contributed by atoms with E-state index in [1.807, 2.05) is 72.8 Å². The van der Waals surface area contributed by atoms with Crippen LogP contribution in [0.5, 0.6) is 0 Å². The fourth-order valence-electron chi connectivity index (χ4n) is 3.73. The van der Waals surface area contributed by atoms with Crippen molar-refractivity contribution in [1.82, 2.24) is 16.1 Å². The number of likely N-dealkylation sites (N-methyl/N-ethyl adjacent to an activating group) is 1. The molecule has 3 amide bonds. The van der Waals surface area contributed by atoms with Crippen molar-refractivity contribution in [1.29, 1.82) is 0 Å². The van der Waals surface area contributed by atoms with E-state index in [0.717, 1.165) is 21.9 Å². The Morgan fingerprint density at radius 1 is 0.788 bits per heavy atom. The quantitative estimate of drug-likeness (QED) is 0.249. The van der Waals surface area contributed by atoms with Gasteiger partial charge in [0.15, 0.2) is 0 Å². The maximum Gasteiger partial charge on any atom is 0.272 e. The Labute approximate surface area is 191 Å². The van der Waals surface area contributed by atoms with E-state index >= 15 is 0 Å². The van der Waals surface area contributed by atoms with E-state index in [-0.39, 0.29) is 12.8 Å². The number of hydrogen-bond acceptors (Lipinski definition) is 5. The van der Waals surface area contributed by atoms with Crippen molar-refractivity contribution in [3.8, 4) is 0 Å². The summed E-state index contributed by atoms with van der Waals surface area (Å²) in [6, 6.07) is 21.5. The van der Waals surface area contributed by atoms with Gasteiger partial charge < -0.3 is 15.7 Å². The molecule has 3 aromatic carbocycles. The van der Waals surface area contributed by atoms with E-state index in [1.165, 1.54) is 12.5 Å². The molecule has 0 radical (unpaired) electrons. The highest BCUT2D eigenvalue weighted by molar-refractivity contribution is 5.92. The number of nitrogens with one attached hydrogen (secondary N) is 3. The van der Waals surface area contributed by atoms with Gasteiger partial charge in [-0.05, 0) is 28.3 Å². The maximum absolute atomic E-state index is 13.2. The molecule has 0 bridgehead atoms. The van der Waals surface area contributed by atoms with Gasteiger partial charge in [-0.2, -0.15) is 0 Å². The van der Waals surface area contributed by atoms with Gasteiger partial charge in [0.05, 0.1) is 5.92 Å². The molecule has 8 heteroatoms. The number of carbonyl (C=O) groups is 3. The van der Waals surface area contributed by atoms with Crippen LogP contribution in [0.15, 0.2) is 72.8 Å². The lowest BCUT2D eigenvalue weighted by atomic mass is 9.91. The first-order valence-electron chi connectivity index (χ1n) is 10.6. The van der Waals surface area contributed by atoms with E-state index < -0.39 is 35.8 Å². The van der Waals surface area contributed by atoms with Gasteiger partial charge in [-0.15, -0.1) is 0 Å². The summed E-state index contributed by atoms with van der Waals surface area (Å²) in [6.07, 6.45) is -1.56. The molecule has 0 aromatic heterocycles. The van der Waals surface area contributed by atoms with Crippen LogP contribution in [0, 0.1) is 5.92 Å². The van der Waals surface area contributed by atoms with Crippen LogP contribution in [0.4, 0.5) is 0 Å². The van der Waals surface area contributed by atoms with Gasteiger partial charge in [0.25, 0.3) is 5.91 Å². The van der Waals surface area contributed by atoms with Gasteiger partial charge >= 0.3 is 0 Å². The molecule has 0 fully saturated rings. The maximum atomic E-state index is 13.2. The molecule has 3 rings (SSSR count). The molecule has 3 aromatic rings. The van der Waals surface area contributed by atoms with Gasteiger partial charge in [-0.1, -0.05) is 72.8 Å². The average Bonchev–Trinajstić information content (AvgIpc) is 2.85. The Morgan fingerprint density at radius 3 is 2.12 bits per heavy atom. The fourth-order valence-corrected chi connectivity index (χ4v) is 3.73. The second-order valence-electron chi connectivity index (χ2n) is 7.78. The molecule has 3 atom stereocenters. The molecule has 0 aliphatic rings. The van der Waals surface area contributed by atoms with Crippen molar-refractivity contribution >= 4 is 28.5 Å². The van der Waals surface area contributed by atoms with Crippen LogP contribution in [-0.4, -0.2) is 47.2 Å². The molecular formula is C25H27N3O5. The Kier molecular flexibility index (Phi) is 8.12. The van der Waals surface area contributed by atoms with Crippen LogP contribution in [0.3, 0.4) is 0 Å². The van der Waals surface area contributed by atoms with Gasteiger partial charge in [0, 0.05) is 13.5 Å². The van der Waals surface area contributed by atoms with Gasteiger partial charge in [-0.3, -0.25) is 19.6 Å². The summed E-state index contributed by atoms with van der Waals surface area (Å²) in [4.78, 5) is 37.6. The first kappa shape index (κ1) is 23.9. The average molecular weight is 450 g/mol. The molecule has 0 spiro atoms. The summed E-state index contributed by atoms with van der Waals surface area (Å²) in [6.45, 7) is 0. The number of rotatable bonds is 9. The molecule has 172 valence electrons. The monoisotopic (exact) mass is 449 g/mol. The van der Waals surface area contributed by atoms with Gasteiger partial charge in [-0.25, -0.2) is 5.48 Å². The molecule has 0 saturated heterocycles. The molecule has 3 unspecified atom stereocenters. The third kappa shape index (κ3) is 6.15. The number of fused-ring (bicyclic) bond motifs is 1. The zero-order valence-electron chi connectivity index (χ0n) is 18.2. The van der Waals surface area contributed by atoms with Crippen molar-refractivity contribution < 1.29 is 24.7 Å². The van der Waals surface area contributed by atoms with Crippen LogP contribution in [0.2, 0.25) is 0 Å². The summed E-state index contributed by atoms with van der Waals surface area (Å²) in [7, 11) is 1.47. The highest BCUT2D eigenvalue weighted by Gasteiger charge is 2.34. The summed E-state index contributed by atoms with van der Waals surface area (Å²) < 4.78 is 0. The highest BCUT2D eigenvalue weighted by Crippen LogP contribution is 2.20. The van der Waals surface area contributed by atoms with Crippen molar-refractivity contribution in [3.05, 3.63) is 83.9 Å². The number of amides is 3. The van der Waals surface area contributed by atoms with E-state index in [9.17, 15) is 19.5 Å². The minimum absolute atomic E-state index is 0.0249. The lowest BCUT2D eigenvalue weighted by molar-refractivity contribution is -0.146. The number of hydroxylamine groups is 1. The molecule has 0 heterocycles. The number of hydrogen-bond donors (Lipinski definition) is 5. The van der Waals surface area contributed by atoms with Crippen molar-refractivity contribution in [3.63, 3.8) is 0 Å². The lowest BCUT2D eigenvalue weighted by Gasteiger charge is -2.24. The summed E-state index contributed by atoms with van der Waals surface area (Å²) in [5.41, 5.74) is 2.95. The third-order valence-electron chi connectivity index (χ3n) is 5.53. The summed E-state index contributed by atoms with van der Waals surface area (Å²) in [5, 5.41) is 26.6. The van der Waals surface area contributed by atoms with E-state index in [4.69, 9.17) is 5.21 Å². The Balaban J connectivity index is 1.85. The number of aliphatic hydroxyl groups is 1. The zero-order chi connectivity index (χ0) is 23.8. The SMILES string of the molecule is CNC(=O)C(Cc1ccccc1)NC(=O)C(Cc1ccc2ccccc2c1)C(O)C(=O)NO. The summed E-state index contributed by atoms with van der Waals surface area (Å²) in [5.74, 6) is -3.42. The third-order valence-corrected chi connectivity index (χ3v) is 5.53. The summed E-state index contributed by atoms with van der Waals surface area (Å²) >= 11 is 0. The van der Waals surface area contributed by atoms with Gasteiger partial charge in [0.1, 0.15) is 12.1 Å². The van der Waals surface area contributed by atoms with Crippen LogP contribution < -0.4 is 16.1 Å². The predicted octanol–water partition coefficient (Wildman–Crippen LogP) is 1.34. The largest absolute Gasteiger partial charge is 0.382 e. The molecule has 0 aliphatic carbocycles. The number of benzene rings is 3. The molecule has 8 nitrogen and oxygen atoms in total. The minimum Gasteiger partial charge on any atom is -0.382 e.